The molecule has 1 saturated heterocycles. The van der Waals surface area contributed by atoms with Crippen molar-refractivity contribution in [1.82, 2.24) is 4.98 Å². The quantitative estimate of drug-likeness (QED) is 0.645. The van der Waals surface area contributed by atoms with Crippen molar-refractivity contribution in [2.24, 2.45) is 0 Å². The van der Waals surface area contributed by atoms with Crippen molar-refractivity contribution in [2.45, 2.75) is 19.4 Å². The number of hydrogen-bond acceptors (Lipinski definition) is 8. The SMILES string of the molecule is COC(=O)c1nc(NC2CCS(=O)(=O)C2)sc1C(C)=O. The predicted octanol–water partition coefficient (Wildman–Crippen LogP) is 0.731. The summed E-state index contributed by atoms with van der Waals surface area (Å²) in [4.78, 5) is 27.3. The summed E-state index contributed by atoms with van der Waals surface area (Å²) in [5.41, 5.74) is -0.0339. The van der Waals surface area contributed by atoms with E-state index in [-0.39, 0.29) is 33.9 Å². The molecule has 110 valence electrons. The van der Waals surface area contributed by atoms with E-state index in [2.05, 4.69) is 15.0 Å². The Morgan fingerprint density at radius 3 is 2.65 bits per heavy atom. The first-order valence-corrected chi connectivity index (χ1v) is 8.53. The molecular formula is C11H14N2O5S2. The molecule has 2 heterocycles. The minimum Gasteiger partial charge on any atom is -0.464 e. The molecule has 7 nitrogen and oxygen atoms in total. The molecule has 0 bridgehead atoms. The Labute approximate surface area is 120 Å². The second kappa shape index (κ2) is 5.49. The number of nitrogens with zero attached hydrogens (tertiary/aromatic N) is 1. The number of ether oxygens (including phenoxy) is 1. The van der Waals surface area contributed by atoms with E-state index in [0.717, 1.165) is 11.3 Å². The van der Waals surface area contributed by atoms with E-state index in [1.54, 1.807) is 0 Å². The number of hydrogen-bond donors (Lipinski definition) is 1. The highest BCUT2D eigenvalue weighted by atomic mass is 32.2. The molecule has 20 heavy (non-hydrogen) atoms. The number of thiazole rings is 1. The summed E-state index contributed by atoms with van der Waals surface area (Å²) in [6.45, 7) is 1.34. The van der Waals surface area contributed by atoms with Crippen LogP contribution >= 0.6 is 11.3 Å². The largest absolute Gasteiger partial charge is 0.464 e. The van der Waals surface area contributed by atoms with Crippen LogP contribution in [0, 0.1) is 0 Å². The average Bonchev–Trinajstić information content (AvgIpc) is 2.92. The Morgan fingerprint density at radius 2 is 2.15 bits per heavy atom. The van der Waals surface area contributed by atoms with Crippen molar-refractivity contribution < 1.29 is 22.7 Å². The number of nitrogens with one attached hydrogen (secondary N) is 1. The summed E-state index contributed by atoms with van der Waals surface area (Å²) >= 11 is 1.03. The molecule has 1 atom stereocenters. The van der Waals surface area contributed by atoms with Crippen molar-refractivity contribution >= 4 is 38.1 Å². The molecule has 1 fully saturated rings. The molecule has 1 aliphatic rings. The molecule has 2 rings (SSSR count). The zero-order valence-electron chi connectivity index (χ0n) is 11.0. The van der Waals surface area contributed by atoms with Gasteiger partial charge in [-0.1, -0.05) is 11.3 Å². The van der Waals surface area contributed by atoms with Crippen molar-refractivity contribution in [3.8, 4) is 0 Å². The maximum absolute atomic E-state index is 11.5. The number of carbonyl (C=O) groups is 2. The van der Waals surface area contributed by atoms with Gasteiger partial charge in [-0.05, 0) is 6.42 Å². The summed E-state index contributed by atoms with van der Waals surface area (Å²) in [7, 11) is -1.79. The van der Waals surface area contributed by atoms with Crippen LogP contribution in [-0.4, -0.2) is 49.8 Å². The molecule has 1 aliphatic heterocycles. The minimum absolute atomic E-state index is 0.0339. The smallest absolute Gasteiger partial charge is 0.358 e. The van der Waals surface area contributed by atoms with Crippen LogP contribution in [0.15, 0.2) is 0 Å². The number of aromatic nitrogens is 1. The maximum atomic E-state index is 11.5. The Hall–Kier alpha value is -1.48. The van der Waals surface area contributed by atoms with Gasteiger partial charge in [0.1, 0.15) is 4.88 Å². The maximum Gasteiger partial charge on any atom is 0.358 e. The van der Waals surface area contributed by atoms with Gasteiger partial charge >= 0.3 is 5.97 Å². The van der Waals surface area contributed by atoms with Crippen molar-refractivity contribution in [3.05, 3.63) is 10.6 Å². The van der Waals surface area contributed by atoms with E-state index in [9.17, 15) is 18.0 Å². The van der Waals surface area contributed by atoms with E-state index >= 15 is 0 Å². The third kappa shape index (κ3) is 3.15. The summed E-state index contributed by atoms with van der Waals surface area (Å²) in [5.74, 6) is -0.789. The molecule has 0 radical (unpaired) electrons. The first-order valence-electron chi connectivity index (χ1n) is 5.89. The normalized spacial score (nSPS) is 20.6. The molecule has 1 aromatic rings. The number of anilines is 1. The van der Waals surface area contributed by atoms with Gasteiger partial charge in [0, 0.05) is 13.0 Å². The topological polar surface area (TPSA) is 102 Å². The number of methoxy groups -OCH3 is 1. The lowest BCUT2D eigenvalue weighted by molar-refractivity contribution is 0.0591. The predicted molar refractivity (Wildman–Crippen MR) is 74.1 cm³/mol. The lowest BCUT2D eigenvalue weighted by Crippen LogP contribution is -2.20. The van der Waals surface area contributed by atoms with Gasteiger partial charge in [0.15, 0.2) is 26.4 Å². The monoisotopic (exact) mass is 318 g/mol. The Balaban J connectivity index is 2.21. The van der Waals surface area contributed by atoms with Crippen LogP contribution in [0.3, 0.4) is 0 Å². The molecule has 0 saturated carbocycles. The molecule has 0 amide bonds. The highest BCUT2D eigenvalue weighted by Crippen LogP contribution is 2.26. The van der Waals surface area contributed by atoms with Gasteiger partial charge in [-0.25, -0.2) is 18.2 Å². The summed E-state index contributed by atoms with van der Waals surface area (Å²) in [6, 6.07) is -0.239. The van der Waals surface area contributed by atoms with Crippen LogP contribution in [0.1, 0.15) is 33.5 Å². The van der Waals surface area contributed by atoms with E-state index in [1.807, 2.05) is 0 Å². The van der Waals surface area contributed by atoms with Gasteiger partial charge < -0.3 is 10.1 Å². The lowest BCUT2D eigenvalue weighted by atomic mass is 10.3. The zero-order chi connectivity index (χ0) is 14.9. The van der Waals surface area contributed by atoms with E-state index < -0.39 is 15.8 Å². The molecule has 1 N–H and O–H groups in total. The molecule has 0 aliphatic carbocycles. The lowest BCUT2D eigenvalue weighted by Gasteiger charge is -2.07. The summed E-state index contributed by atoms with van der Waals surface area (Å²) in [5, 5.41) is 3.32. The summed E-state index contributed by atoms with van der Waals surface area (Å²) in [6.07, 6.45) is 0.491. The average molecular weight is 318 g/mol. The molecule has 1 unspecified atom stereocenters. The van der Waals surface area contributed by atoms with Crippen molar-refractivity contribution in [1.29, 1.82) is 0 Å². The Bertz CT molecular complexity index is 650. The molecule has 0 aromatic carbocycles. The number of Topliss-reactive ketones (excluding diaryl/α,β-unsaturated/α-hetero) is 1. The fourth-order valence-electron chi connectivity index (χ4n) is 1.94. The fourth-order valence-corrected chi connectivity index (χ4v) is 4.54. The van der Waals surface area contributed by atoms with Crippen LogP contribution in [0.5, 0.6) is 0 Å². The second-order valence-electron chi connectivity index (χ2n) is 4.49. The molecule has 1 aromatic heterocycles. The number of rotatable bonds is 4. The fraction of sp³-hybridized carbons (Fsp3) is 0.545. The Morgan fingerprint density at radius 1 is 1.45 bits per heavy atom. The van der Waals surface area contributed by atoms with E-state index in [1.165, 1.54) is 14.0 Å². The van der Waals surface area contributed by atoms with Crippen LogP contribution < -0.4 is 5.32 Å². The highest BCUT2D eigenvalue weighted by molar-refractivity contribution is 7.91. The van der Waals surface area contributed by atoms with Gasteiger partial charge in [-0.15, -0.1) is 0 Å². The van der Waals surface area contributed by atoms with Gasteiger partial charge in [-0.3, -0.25) is 4.79 Å². The number of esters is 1. The number of sulfone groups is 1. The third-order valence-electron chi connectivity index (χ3n) is 2.89. The first-order chi connectivity index (χ1) is 9.32. The highest BCUT2D eigenvalue weighted by Gasteiger charge is 2.29. The van der Waals surface area contributed by atoms with Crippen molar-refractivity contribution in [2.75, 3.05) is 23.9 Å². The molecular weight excluding hydrogens is 304 g/mol. The standard InChI is InChI=1S/C11H14N2O5S2/c1-6(14)9-8(10(15)18-2)13-11(19-9)12-7-3-4-20(16,17)5-7/h7H,3-5H2,1-2H3,(H,12,13). The van der Waals surface area contributed by atoms with Gasteiger partial charge in [0.05, 0.1) is 18.6 Å². The number of ketones is 1. The number of carbonyl (C=O) groups excluding carboxylic acids is 2. The van der Waals surface area contributed by atoms with Crippen LogP contribution in [-0.2, 0) is 14.6 Å². The molecule has 0 spiro atoms. The second-order valence-corrected chi connectivity index (χ2v) is 7.72. The first kappa shape index (κ1) is 14.9. The van der Waals surface area contributed by atoms with Crippen LogP contribution in [0.4, 0.5) is 5.13 Å². The third-order valence-corrected chi connectivity index (χ3v) is 5.74. The van der Waals surface area contributed by atoms with Crippen LogP contribution in [0.25, 0.3) is 0 Å². The Kier molecular flexibility index (Phi) is 4.09. The van der Waals surface area contributed by atoms with Gasteiger partial charge in [0.2, 0.25) is 0 Å². The summed E-state index contributed by atoms with van der Waals surface area (Å²) < 4.78 is 27.3. The minimum atomic E-state index is -3.00. The van der Waals surface area contributed by atoms with Gasteiger partial charge in [-0.2, -0.15) is 0 Å². The van der Waals surface area contributed by atoms with Gasteiger partial charge in [0.25, 0.3) is 0 Å². The zero-order valence-corrected chi connectivity index (χ0v) is 12.6. The van der Waals surface area contributed by atoms with E-state index in [0.29, 0.717) is 11.6 Å². The van der Waals surface area contributed by atoms with Crippen LogP contribution in [0.2, 0.25) is 0 Å². The molecule has 9 heteroatoms. The van der Waals surface area contributed by atoms with E-state index in [4.69, 9.17) is 0 Å². The van der Waals surface area contributed by atoms with Crippen molar-refractivity contribution in [3.63, 3.8) is 0 Å².